The lowest BCUT2D eigenvalue weighted by Crippen LogP contribution is -2.52. The van der Waals surface area contributed by atoms with E-state index in [1.54, 1.807) is 30.3 Å². The Morgan fingerprint density at radius 3 is 2.28 bits per heavy atom. The fourth-order valence-corrected chi connectivity index (χ4v) is 3.29. The van der Waals surface area contributed by atoms with Crippen molar-refractivity contribution >= 4 is 21.8 Å². The van der Waals surface area contributed by atoms with Crippen LogP contribution in [-0.4, -0.2) is 23.7 Å². The summed E-state index contributed by atoms with van der Waals surface area (Å²) in [7, 11) is 0. The van der Waals surface area contributed by atoms with Crippen LogP contribution in [0.15, 0.2) is 59.1 Å². The summed E-state index contributed by atoms with van der Waals surface area (Å²) >= 11 is 3.21. The third kappa shape index (κ3) is 5.58. The predicted octanol–water partition coefficient (Wildman–Crippen LogP) is 4.43. The minimum atomic E-state index is -4.60. The zero-order chi connectivity index (χ0) is 21.1. The predicted molar refractivity (Wildman–Crippen MR) is 106 cm³/mol. The average molecular weight is 466 g/mol. The summed E-state index contributed by atoms with van der Waals surface area (Å²) in [5.41, 5.74) is -0.231. The molecule has 1 fully saturated rings. The van der Waals surface area contributed by atoms with Crippen LogP contribution in [0, 0.1) is 11.3 Å². The summed E-state index contributed by atoms with van der Waals surface area (Å²) in [6, 6.07) is 13.5. The Kier molecular flexibility index (Phi) is 6.30. The number of nitriles is 1. The van der Waals surface area contributed by atoms with Crippen molar-refractivity contribution in [3.8, 4) is 6.07 Å². The normalized spacial score (nSPS) is 17.1. The number of halogens is 4. The number of rotatable bonds is 7. The lowest BCUT2D eigenvalue weighted by atomic mass is 10.0. The van der Waals surface area contributed by atoms with E-state index in [1.807, 2.05) is 6.07 Å². The molecule has 0 spiro atoms. The fourth-order valence-electron chi connectivity index (χ4n) is 3.03. The lowest BCUT2D eigenvalue weighted by Gasteiger charge is -2.28. The molecule has 2 N–H and O–H groups in total. The molecule has 4 nitrogen and oxygen atoms in total. The molecular formula is C21H19BrF3N3O. The number of carbonyl (C=O) groups excluding carboxylic acids is 1. The zero-order valence-corrected chi connectivity index (χ0v) is 16.9. The number of benzene rings is 2. The van der Waals surface area contributed by atoms with E-state index in [9.17, 15) is 23.2 Å². The van der Waals surface area contributed by atoms with Crippen LogP contribution in [-0.2, 0) is 11.2 Å². The van der Waals surface area contributed by atoms with Crippen molar-refractivity contribution in [2.75, 3.05) is 0 Å². The maximum Gasteiger partial charge on any atom is 0.407 e. The molecule has 1 saturated carbocycles. The van der Waals surface area contributed by atoms with Gasteiger partial charge in [0.05, 0.1) is 12.1 Å². The first-order valence-corrected chi connectivity index (χ1v) is 9.87. The van der Waals surface area contributed by atoms with E-state index in [4.69, 9.17) is 0 Å². The maximum atomic E-state index is 13.8. The van der Waals surface area contributed by atoms with Gasteiger partial charge in [0.1, 0.15) is 11.6 Å². The standard InChI is InChI=1S/C21H19BrF3N3O/c22-16-8-6-15(7-9-16)18(21(23,24)25)27-17(12-14-4-2-1-3-5-14)19(29)28-20(13-26)10-11-20/h1-9,17-18,27H,10-12H2,(H,28,29). The largest absolute Gasteiger partial charge is 0.407 e. The highest BCUT2D eigenvalue weighted by Crippen LogP contribution is 2.36. The van der Waals surface area contributed by atoms with Gasteiger partial charge in [0.2, 0.25) is 5.91 Å². The molecule has 3 rings (SSSR count). The van der Waals surface area contributed by atoms with Gasteiger partial charge in [0.25, 0.3) is 0 Å². The first-order chi connectivity index (χ1) is 13.7. The van der Waals surface area contributed by atoms with Crippen molar-refractivity contribution in [3.05, 3.63) is 70.2 Å². The first-order valence-electron chi connectivity index (χ1n) is 9.08. The van der Waals surface area contributed by atoms with E-state index in [2.05, 4.69) is 26.6 Å². The Morgan fingerprint density at radius 1 is 1.14 bits per heavy atom. The van der Waals surface area contributed by atoms with E-state index in [-0.39, 0.29) is 12.0 Å². The van der Waals surface area contributed by atoms with Gasteiger partial charge in [-0.3, -0.25) is 10.1 Å². The SMILES string of the molecule is N#CC1(NC(=O)C(Cc2ccccc2)NC(c2ccc(Br)cc2)C(F)(F)F)CC1. The molecule has 29 heavy (non-hydrogen) atoms. The Balaban J connectivity index is 1.87. The van der Waals surface area contributed by atoms with Gasteiger partial charge in [0.15, 0.2) is 0 Å². The van der Waals surface area contributed by atoms with Gasteiger partial charge < -0.3 is 5.32 Å². The summed E-state index contributed by atoms with van der Waals surface area (Å²) in [6.07, 6.45) is -3.53. The van der Waals surface area contributed by atoms with E-state index in [0.717, 1.165) is 5.56 Å². The van der Waals surface area contributed by atoms with Gasteiger partial charge in [-0.05, 0) is 42.5 Å². The van der Waals surface area contributed by atoms with E-state index in [0.29, 0.717) is 17.3 Å². The number of nitrogens with zero attached hydrogens (tertiary/aromatic N) is 1. The molecule has 0 heterocycles. The first kappa shape index (κ1) is 21.3. The summed E-state index contributed by atoms with van der Waals surface area (Å²) < 4.78 is 42.1. The van der Waals surface area contributed by atoms with Crippen LogP contribution in [0.4, 0.5) is 13.2 Å². The molecule has 8 heteroatoms. The molecule has 0 radical (unpaired) electrons. The summed E-state index contributed by atoms with van der Waals surface area (Å²) in [6.45, 7) is 0. The van der Waals surface area contributed by atoms with Crippen molar-refractivity contribution in [2.45, 2.75) is 43.1 Å². The van der Waals surface area contributed by atoms with Gasteiger partial charge in [0, 0.05) is 4.47 Å². The van der Waals surface area contributed by atoms with E-state index < -0.39 is 29.7 Å². The van der Waals surface area contributed by atoms with Crippen LogP contribution >= 0.6 is 15.9 Å². The Labute approximate surface area is 175 Å². The van der Waals surface area contributed by atoms with Gasteiger partial charge >= 0.3 is 6.18 Å². The second kappa shape index (κ2) is 8.56. The highest BCUT2D eigenvalue weighted by atomic mass is 79.9. The molecule has 152 valence electrons. The molecule has 0 aromatic heterocycles. The second-order valence-electron chi connectivity index (χ2n) is 7.12. The monoisotopic (exact) mass is 465 g/mol. The molecule has 2 unspecified atom stereocenters. The molecule has 0 bridgehead atoms. The fraction of sp³-hybridized carbons (Fsp3) is 0.333. The van der Waals surface area contributed by atoms with Crippen molar-refractivity contribution in [1.82, 2.24) is 10.6 Å². The Bertz CT molecular complexity index is 890. The van der Waals surface area contributed by atoms with Gasteiger partial charge in [-0.1, -0.05) is 58.4 Å². The number of carbonyl (C=O) groups is 1. The lowest BCUT2D eigenvalue weighted by molar-refractivity contribution is -0.161. The summed E-state index contributed by atoms with van der Waals surface area (Å²) in [4.78, 5) is 12.8. The third-order valence-corrected chi connectivity index (χ3v) is 5.35. The van der Waals surface area contributed by atoms with Gasteiger partial charge in [-0.15, -0.1) is 0 Å². The van der Waals surface area contributed by atoms with Gasteiger partial charge in [-0.25, -0.2) is 0 Å². The van der Waals surface area contributed by atoms with E-state index >= 15 is 0 Å². The van der Waals surface area contributed by atoms with Crippen LogP contribution in [0.5, 0.6) is 0 Å². The number of amides is 1. The quantitative estimate of drug-likeness (QED) is 0.635. The average Bonchev–Trinajstić information content (AvgIpc) is 3.46. The zero-order valence-electron chi connectivity index (χ0n) is 15.3. The molecule has 1 aliphatic rings. The van der Waals surface area contributed by atoms with Crippen LogP contribution in [0.25, 0.3) is 0 Å². The third-order valence-electron chi connectivity index (χ3n) is 4.82. The van der Waals surface area contributed by atoms with Crippen molar-refractivity contribution < 1.29 is 18.0 Å². The number of alkyl halides is 3. The van der Waals surface area contributed by atoms with Crippen molar-refractivity contribution in [2.24, 2.45) is 0 Å². The van der Waals surface area contributed by atoms with E-state index in [1.165, 1.54) is 24.3 Å². The molecule has 1 amide bonds. The molecule has 0 aliphatic heterocycles. The highest BCUT2D eigenvalue weighted by molar-refractivity contribution is 9.10. The summed E-state index contributed by atoms with van der Waals surface area (Å²) in [5, 5.41) is 14.3. The van der Waals surface area contributed by atoms with Crippen molar-refractivity contribution in [3.63, 3.8) is 0 Å². The smallest absolute Gasteiger partial charge is 0.336 e. The van der Waals surface area contributed by atoms with Crippen LogP contribution in [0.1, 0.15) is 30.0 Å². The molecule has 2 atom stereocenters. The number of hydrogen-bond acceptors (Lipinski definition) is 3. The molecule has 0 saturated heterocycles. The molecule has 1 aliphatic carbocycles. The number of hydrogen-bond donors (Lipinski definition) is 2. The molecule has 2 aromatic carbocycles. The van der Waals surface area contributed by atoms with Crippen LogP contribution < -0.4 is 10.6 Å². The maximum absolute atomic E-state index is 13.8. The molecular weight excluding hydrogens is 447 g/mol. The topological polar surface area (TPSA) is 64.9 Å². The number of nitrogens with one attached hydrogen (secondary N) is 2. The Morgan fingerprint density at radius 2 is 1.76 bits per heavy atom. The van der Waals surface area contributed by atoms with Gasteiger partial charge in [-0.2, -0.15) is 18.4 Å². The minimum absolute atomic E-state index is 0.00739. The second-order valence-corrected chi connectivity index (χ2v) is 8.03. The Hall–Kier alpha value is -2.37. The van der Waals surface area contributed by atoms with Crippen molar-refractivity contribution in [1.29, 1.82) is 5.26 Å². The van der Waals surface area contributed by atoms with Crippen LogP contribution in [0.3, 0.4) is 0 Å². The summed E-state index contributed by atoms with van der Waals surface area (Å²) in [5.74, 6) is -0.612. The highest BCUT2D eigenvalue weighted by Gasteiger charge is 2.47. The minimum Gasteiger partial charge on any atom is -0.336 e. The molecule has 2 aromatic rings. The van der Waals surface area contributed by atoms with Crippen LogP contribution in [0.2, 0.25) is 0 Å².